The lowest BCUT2D eigenvalue weighted by Gasteiger charge is -2.24. The summed E-state index contributed by atoms with van der Waals surface area (Å²) in [6.07, 6.45) is 6.56. The van der Waals surface area contributed by atoms with Crippen molar-refractivity contribution in [2.45, 2.75) is 62.9 Å². The molecule has 0 saturated heterocycles. The molecule has 2 aromatic rings. The van der Waals surface area contributed by atoms with Gasteiger partial charge in [-0.15, -0.1) is 0 Å². The van der Waals surface area contributed by atoms with Crippen molar-refractivity contribution >= 4 is 15.9 Å². The average Bonchev–Trinajstić information content (AvgIpc) is 2.97. The van der Waals surface area contributed by atoms with Gasteiger partial charge in [0, 0.05) is 12.6 Å². The van der Waals surface area contributed by atoms with E-state index in [2.05, 4.69) is 5.32 Å². The lowest BCUT2D eigenvalue weighted by molar-refractivity contribution is -0.122. The van der Waals surface area contributed by atoms with Crippen LogP contribution in [0.5, 0.6) is 0 Å². The molecular weight excluding hydrogens is 384 g/mol. The molecule has 0 bridgehead atoms. The molecule has 1 aliphatic rings. The highest BCUT2D eigenvalue weighted by molar-refractivity contribution is 7.89. The SMILES string of the molecule is Cc1ccc(S(=O)(=O)N(CC(=O)NC2CCCCCC2)Cc2ccccc2)cc1. The van der Waals surface area contributed by atoms with Crippen molar-refractivity contribution < 1.29 is 13.2 Å². The molecule has 1 fully saturated rings. The molecule has 1 aliphatic carbocycles. The maximum absolute atomic E-state index is 13.3. The molecule has 1 amide bonds. The predicted octanol–water partition coefficient (Wildman–Crippen LogP) is 4.02. The Balaban J connectivity index is 1.78. The van der Waals surface area contributed by atoms with Crippen LogP contribution in [-0.4, -0.2) is 31.2 Å². The monoisotopic (exact) mass is 414 g/mol. The number of nitrogens with zero attached hydrogens (tertiary/aromatic N) is 1. The summed E-state index contributed by atoms with van der Waals surface area (Å²) in [5, 5.41) is 3.06. The lowest BCUT2D eigenvalue weighted by Crippen LogP contribution is -2.43. The topological polar surface area (TPSA) is 66.5 Å². The number of hydrogen-bond acceptors (Lipinski definition) is 3. The summed E-state index contributed by atoms with van der Waals surface area (Å²) in [6, 6.07) is 16.3. The second-order valence-corrected chi connectivity index (χ2v) is 9.77. The summed E-state index contributed by atoms with van der Waals surface area (Å²) in [6.45, 7) is 1.90. The molecule has 3 rings (SSSR count). The second-order valence-electron chi connectivity index (χ2n) is 7.83. The molecule has 0 heterocycles. The smallest absolute Gasteiger partial charge is 0.243 e. The van der Waals surface area contributed by atoms with Gasteiger partial charge in [-0.3, -0.25) is 4.79 Å². The van der Waals surface area contributed by atoms with Crippen LogP contribution in [0.1, 0.15) is 49.7 Å². The van der Waals surface area contributed by atoms with Crippen LogP contribution < -0.4 is 5.32 Å². The Hall–Kier alpha value is -2.18. The van der Waals surface area contributed by atoms with Gasteiger partial charge in [0.1, 0.15) is 0 Å². The second kappa shape index (κ2) is 10.0. The number of benzene rings is 2. The van der Waals surface area contributed by atoms with Crippen LogP contribution in [0.2, 0.25) is 0 Å². The van der Waals surface area contributed by atoms with Crippen molar-refractivity contribution in [2.75, 3.05) is 6.54 Å². The van der Waals surface area contributed by atoms with E-state index in [1.54, 1.807) is 24.3 Å². The molecular formula is C23H30N2O3S. The minimum atomic E-state index is -3.79. The largest absolute Gasteiger partial charge is 0.352 e. The van der Waals surface area contributed by atoms with Crippen molar-refractivity contribution in [2.24, 2.45) is 0 Å². The molecule has 6 heteroatoms. The van der Waals surface area contributed by atoms with E-state index in [0.29, 0.717) is 0 Å². The Morgan fingerprint density at radius 1 is 0.966 bits per heavy atom. The minimum absolute atomic E-state index is 0.144. The Labute approximate surface area is 174 Å². The minimum Gasteiger partial charge on any atom is -0.352 e. The molecule has 29 heavy (non-hydrogen) atoms. The van der Waals surface area contributed by atoms with E-state index in [4.69, 9.17) is 0 Å². The first-order chi connectivity index (χ1) is 13.9. The van der Waals surface area contributed by atoms with Gasteiger partial charge in [-0.1, -0.05) is 73.7 Å². The van der Waals surface area contributed by atoms with Gasteiger partial charge < -0.3 is 5.32 Å². The molecule has 1 N–H and O–H groups in total. The maximum atomic E-state index is 13.3. The molecule has 156 valence electrons. The van der Waals surface area contributed by atoms with Gasteiger partial charge >= 0.3 is 0 Å². The summed E-state index contributed by atoms with van der Waals surface area (Å²) in [5.74, 6) is -0.233. The normalized spacial score (nSPS) is 15.8. The number of carbonyl (C=O) groups excluding carboxylic acids is 1. The summed E-state index contributed by atoms with van der Waals surface area (Å²) in [4.78, 5) is 12.9. The third kappa shape index (κ3) is 6.15. The fourth-order valence-corrected chi connectivity index (χ4v) is 5.11. The summed E-state index contributed by atoms with van der Waals surface area (Å²) >= 11 is 0. The molecule has 1 saturated carbocycles. The Bertz CT molecular complexity index is 887. The summed E-state index contributed by atoms with van der Waals surface area (Å²) in [5.41, 5.74) is 1.84. The lowest BCUT2D eigenvalue weighted by atomic mass is 10.1. The Kier molecular flexibility index (Phi) is 7.45. The third-order valence-electron chi connectivity index (χ3n) is 5.40. The number of sulfonamides is 1. The Morgan fingerprint density at radius 2 is 1.59 bits per heavy atom. The predicted molar refractivity (Wildman–Crippen MR) is 115 cm³/mol. The van der Waals surface area contributed by atoms with Gasteiger partial charge in [-0.2, -0.15) is 4.31 Å². The maximum Gasteiger partial charge on any atom is 0.243 e. The summed E-state index contributed by atoms with van der Waals surface area (Å²) in [7, 11) is -3.79. The molecule has 0 spiro atoms. The van der Waals surface area contributed by atoms with E-state index < -0.39 is 10.0 Å². The molecule has 0 atom stereocenters. The van der Waals surface area contributed by atoms with Crippen LogP contribution >= 0.6 is 0 Å². The van der Waals surface area contributed by atoms with Gasteiger partial charge in [-0.05, 0) is 37.5 Å². The van der Waals surface area contributed by atoms with Crippen LogP contribution in [0.25, 0.3) is 0 Å². The fourth-order valence-electron chi connectivity index (χ4n) is 3.73. The van der Waals surface area contributed by atoms with E-state index in [-0.39, 0.29) is 29.9 Å². The molecule has 5 nitrogen and oxygen atoms in total. The van der Waals surface area contributed by atoms with E-state index in [1.807, 2.05) is 37.3 Å². The molecule has 0 aromatic heterocycles. The van der Waals surface area contributed by atoms with Gasteiger partial charge in [0.15, 0.2) is 0 Å². The van der Waals surface area contributed by atoms with Gasteiger partial charge in [0.05, 0.1) is 11.4 Å². The quantitative estimate of drug-likeness (QED) is 0.696. The summed E-state index contributed by atoms with van der Waals surface area (Å²) < 4.78 is 27.8. The molecule has 0 unspecified atom stereocenters. The Morgan fingerprint density at radius 3 is 2.21 bits per heavy atom. The van der Waals surface area contributed by atoms with Gasteiger partial charge in [0.2, 0.25) is 15.9 Å². The van der Waals surface area contributed by atoms with Crippen LogP contribution in [0, 0.1) is 6.92 Å². The van der Waals surface area contributed by atoms with E-state index in [9.17, 15) is 13.2 Å². The van der Waals surface area contributed by atoms with Crippen molar-refractivity contribution in [1.29, 1.82) is 0 Å². The highest BCUT2D eigenvalue weighted by Gasteiger charge is 2.27. The zero-order valence-corrected chi connectivity index (χ0v) is 17.8. The van der Waals surface area contributed by atoms with Crippen LogP contribution in [0.4, 0.5) is 0 Å². The first-order valence-electron chi connectivity index (χ1n) is 10.4. The number of hydrogen-bond donors (Lipinski definition) is 1. The highest BCUT2D eigenvalue weighted by Crippen LogP contribution is 2.20. The highest BCUT2D eigenvalue weighted by atomic mass is 32.2. The van der Waals surface area contributed by atoms with Crippen LogP contribution in [0.15, 0.2) is 59.5 Å². The zero-order chi connectivity index (χ0) is 20.7. The number of rotatable bonds is 7. The first kappa shape index (κ1) is 21.5. The van der Waals surface area contributed by atoms with E-state index >= 15 is 0 Å². The fraction of sp³-hybridized carbons (Fsp3) is 0.435. The van der Waals surface area contributed by atoms with E-state index in [0.717, 1.165) is 36.8 Å². The van der Waals surface area contributed by atoms with Crippen molar-refractivity contribution in [3.8, 4) is 0 Å². The standard InChI is InChI=1S/C23H30N2O3S/c1-19-13-15-22(16-14-19)29(27,28)25(17-20-9-5-4-6-10-20)18-23(26)24-21-11-7-2-3-8-12-21/h4-6,9-10,13-16,21H,2-3,7-8,11-12,17-18H2,1H3,(H,24,26). The van der Waals surface area contributed by atoms with Crippen molar-refractivity contribution in [3.05, 3.63) is 65.7 Å². The third-order valence-corrected chi connectivity index (χ3v) is 7.21. The average molecular weight is 415 g/mol. The van der Waals surface area contributed by atoms with Crippen LogP contribution in [0.3, 0.4) is 0 Å². The van der Waals surface area contributed by atoms with Crippen molar-refractivity contribution in [1.82, 2.24) is 9.62 Å². The molecule has 0 radical (unpaired) electrons. The van der Waals surface area contributed by atoms with Gasteiger partial charge in [-0.25, -0.2) is 8.42 Å². The molecule has 2 aromatic carbocycles. The number of aryl methyl sites for hydroxylation is 1. The number of nitrogens with one attached hydrogen (secondary N) is 1. The number of carbonyl (C=O) groups is 1. The first-order valence-corrected chi connectivity index (χ1v) is 11.8. The van der Waals surface area contributed by atoms with Gasteiger partial charge in [0.25, 0.3) is 0 Å². The van der Waals surface area contributed by atoms with Crippen LogP contribution in [-0.2, 0) is 21.4 Å². The van der Waals surface area contributed by atoms with Crippen molar-refractivity contribution in [3.63, 3.8) is 0 Å². The molecule has 0 aliphatic heterocycles. The number of amides is 1. The zero-order valence-electron chi connectivity index (χ0n) is 17.0. The van der Waals surface area contributed by atoms with E-state index in [1.165, 1.54) is 17.1 Å².